The van der Waals surface area contributed by atoms with Gasteiger partial charge in [0.25, 0.3) is 0 Å². The fraction of sp³-hybridized carbons (Fsp3) is 0.875. The van der Waals surface area contributed by atoms with Crippen LogP contribution in [0.15, 0.2) is 0 Å². The molecule has 0 aromatic carbocycles. The molecule has 2 rings (SSSR count). The number of amides is 1. The Hall–Kier alpha value is -1.10. The molecule has 0 aliphatic carbocycles. The summed E-state index contributed by atoms with van der Waals surface area (Å²) in [4.78, 5) is 28.2. The summed E-state index contributed by atoms with van der Waals surface area (Å²) in [5.41, 5.74) is 0. The number of ether oxygens (including phenoxy) is 1. The molecule has 2 aliphatic heterocycles. The summed E-state index contributed by atoms with van der Waals surface area (Å²) >= 11 is 0. The normalized spacial score (nSPS) is 31.0. The quantitative estimate of drug-likeness (QED) is 0.738. The van der Waals surface area contributed by atoms with Crippen molar-refractivity contribution in [3.05, 3.63) is 0 Å². The highest BCUT2D eigenvalue weighted by atomic mass is 16.5. The van der Waals surface area contributed by atoms with E-state index >= 15 is 0 Å². The van der Waals surface area contributed by atoms with Crippen molar-refractivity contribution in [3.8, 4) is 0 Å². The Morgan fingerprint density at radius 2 is 1.81 bits per heavy atom. The molecular formula is C16H28N2O3. The van der Waals surface area contributed by atoms with Gasteiger partial charge in [0.15, 0.2) is 0 Å². The Balaban J connectivity index is 1.85. The number of nitrogens with zero attached hydrogens (tertiary/aromatic N) is 2. The monoisotopic (exact) mass is 296 g/mol. The van der Waals surface area contributed by atoms with Crippen molar-refractivity contribution in [3.63, 3.8) is 0 Å². The second kappa shape index (κ2) is 7.25. The van der Waals surface area contributed by atoms with Gasteiger partial charge >= 0.3 is 5.97 Å². The predicted octanol–water partition coefficient (Wildman–Crippen LogP) is 1.38. The molecule has 0 spiro atoms. The van der Waals surface area contributed by atoms with Gasteiger partial charge in [0.2, 0.25) is 5.91 Å². The van der Waals surface area contributed by atoms with Crippen molar-refractivity contribution in [2.24, 2.45) is 17.8 Å². The van der Waals surface area contributed by atoms with Crippen LogP contribution in [0, 0.1) is 17.8 Å². The first-order valence-corrected chi connectivity index (χ1v) is 8.07. The number of hydrogen-bond donors (Lipinski definition) is 0. The Kier molecular flexibility index (Phi) is 5.62. The lowest BCUT2D eigenvalue weighted by Crippen LogP contribution is -2.49. The molecule has 0 radical (unpaired) electrons. The second-order valence-electron chi connectivity index (χ2n) is 6.84. The number of esters is 1. The first-order chi connectivity index (χ1) is 9.99. The summed E-state index contributed by atoms with van der Waals surface area (Å²) in [5.74, 6) is 1.16. The standard InChI is InChI=1S/C16H28N2O3/c1-12-7-13(2)9-18(8-12)15(19)11-17-6-4-5-14(10-17)16(20)21-3/h12-14H,4-11H2,1-3H3. The lowest BCUT2D eigenvalue weighted by molar-refractivity contribution is -0.148. The van der Waals surface area contributed by atoms with Gasteiger partial charge in [0.1, 0.15) is 0 Å². The molecule has 5 heteroatoms. The van der Waals surface area contributed by atoms with E-state index < -0.39 is 0 Å². The summed E-state index contributed by atoms with van der Waals surface area (Å²) in [5, 5.41) is 0. The lowest BCUT2D eigenvalue weighted by atomic mass is 9.92. The molecule has 3 atom stereocenters. The number of methoxy groups -OCH3 is 1. The topological polar surface area (TPSA) is 49.9 Å². The zero-order valence-electron chi connectivity index (χ0n) is 13.5. The van der Waals surface area contributed by atoms with E-state index in [4.69, 9.17) is 4.74 Å². The number of hydrogen-bond acceptors (Lipinski definition) is 4. The molecule has 3 unspecified atom stereocenters. The molecule has 1 amide bonds. The second-order valence-corrected chi connectivity index (χ2v) is 6.84. The summed E-state index contributed by atoms with van der Waals surface area (Å²) in [6.07, 6.45) is 3.03. The van der Waals surface area contributed by atoms with Gasteiger partial charge < -0.3 is 9.64 Å². The van der Waals surface area contributed by atoms with Gasteiger partial charge in [-0.3, -0.25) is 14.5 Å². The molecule has 21 heavy (non-hydrogen) atoms. The molecule has 0 aromatic rings. The van der Waals surface area contributed by atoms with Crippen molar-refractivity contribution in [2.45, 2.75) is 33.1 Å². The smallest absolute Gasteiger partial charge is 0.309 e. The fourth-order valence-corrected chi connectivity index (χ4v) is 3.72. The molecular weight excluding hydrogens is 268 g/mol. The highest BCUT2D eigenvalue weighted by Gasteiger charge is 2.30. The molecule has 5 nitrogen and oxygen atoms in total. The largest absolute Gasteiger partial charge is 0.469 e. The van der Waals surface area contributed by atoms with Crippen LogP contribution in [-0.4, -0.2) is 61.5 Å². The first kappa shape index (κ1) is 16.3. The zero-order chi connectivity index (χ0) is 15.4. The van der Waals surface area contributed by atoms with Gasteiger partial charge in [-0.15, -0.1) is 0 Å². The van der Waals surface area contributed by atoms with Gasteiger partial charge in [-0.25, -0.2) is 0 Å². The number of carbonyl (C=O) groups excluding carboxylic acids is 2. The third-order valence-corrected chi connectivity index (χ3v) is 4.62. The Bertz CT molecular complexity index is 376. The maximum Gasteiger partial charge on any atom is 0.309 e. The lowest BCUT2D eigenvalue weighted by Gasteiger charge is -2.37. The van der Waals surface area contributed by atoms with Crippen LogP contribution in [0.5, 0.6) is 0 Å². The minimum Gasteiger partial charge on any atom is -0.469 e. The molecule has 2 heterocycles. The van der Waals surface area contributed by atoms with Crippen molar-refractivity contribution < 1.29 is 14.3 Å². The van der Waals surface area contributed by atoms with Gasteiger partial charge in [-0.2, -0.15) is 0 Å². The van der Waals surface area contributed by atoms with E-state index in [0.717, 1.165) is 32.5 Å². The van der Waals surface area contributed by atoms with E-state index in [0.29, 0.717) is 24.9 Å². The predicted molar refractivity (Wildman–Crippen MR) is 80.7 cm³/mol. The summed E-state index contributed by atoms with van der Waals surface area (Å²) < 4.78 is 4.83. The molecule has 2 aliphatic rings. The Labute approximate surface area is 127 Å². The van der Waals surface area contributed by atoms with Crippen LogP contribution >= 0.6 is 0 Å². The van der Waals surface area contributed by atoms with Gasteiger partial charge in [0.05, 0.1) is 19.6 Å². The Morgan fingerprint density at radius 3 is 2.43 bits per heavy atom. The number of piperidine rings is 2. The van der Waals surface area contributed by atoms with E-state index in [1.54, 1.807) is 0 Å². The molecule has 2 fully saturated rings. The van der Waals surface area contributed by atoms with Crippen LogP contribution in [0.3, 0.4) is 0 Å². The number of carbonyl (C=O) groups is 2. The summed E-state index contributed by atoms with van der Waals surface area (Å²) in [6.45, 7) is 8.16. The maximum absolute atomic E-state index is 12.5. The fourth-order valence-electron chi connectivity index (χ4n) is 3.72. The van der Waals surface area contributed by atoms with Gasteiger partial charge in [-0.05, 0) is 37.6 Å². The average molecular weight is 296 g/mol. The van der Waals surface area contributed by atoms with E-state index in [2.05, 4.69) is 18.7 Å². The van der Waals surface area contributed by atoms with Crippen LogP contribution < -0.4 is 0 Å². The Morgan fingerprint density at radius 1 is 1.14 bits per heavy atom. The molecule has 0 bridgehead atoms. The van der Waals surface area contributed by atoms with Gasteiger partial charge in [0, 0.05) is 19.6 Å². The highest BCUT2D eigenvalue weighted by molar-refractivity contribution is 5.78. The van der Waals surface area contributed by atoms with E-state index in [1.165, 1.54) is 13.5 Å². The molecule has 0 N–H and O–H groups in total. The number of likely N-dealkylation sites (tertiary alicyclic amines) is 2. The average Bonchev–Trinajstić information content (AvgIpc) is 2.45. The maximum atomic E-state index is 12.5. The van der Waals surface area contributed by atoms with E-state index in [1.807, 2.05) is 4.90 Å². The minimum atomic E-state index is -0.146. The number of rotatable bonds is 3. The van der Waals surface area contributed by atoms with Crippen LogP contribution in [0.1, 0.15) is 33.1 Å². The van der Waals surface area contributed by atoms with E-state index in [-0.39, 0.29) is 17.8 Å². The summed E-state index contributed by atoms with van der Waals surface area (Å²) in [6, 6.07) is 0. The SMILES string of the molecule is COC(=O)C1CCCN(CC(=O)N2CC(C)CC(C)C2)C1. The summed E-state index contributed by atoms with van der Waals surface area (Å²) in [7, 11) is 1.43. The molecule has 0 aromatic heterocycles. The van der Waals surface area contributed by atoms with Crippen LogP contribution in [0.25, 0.3) is 0 Å². The third-order valence-electron chi connectivity index (χ3n) is 4.62. The van der Waals surface area contributed by atoms with Crippen LogP contribution in [0.2, 0.25) is 0 Å². The van der Waals surface area contributed by atoms with E-state index in [9.17, 15) is 9.59 Å². The first-order valence-electron chi connectivity index (χ1n) is 8.07. The zero-order valence-corrected chi connectivity index (χ0v) is 13.5. The molecule has 0 saturated carbocycles. The molecule has 2 saturated heterocycles. The van der Waals surface area contributed by atoms with Crippen molar-refractivity contribution in [2.75, 3.05) is 39.8 Å². The third kappa shape index (κ3) is 4.43. The molecule has 120 valence electrons. The minimum absolute atomic E-state index is 0.0734. The van der Waals surface area contributed by atoms with Crippen molar-refractivity contribution >= 4 is 11.9 Å². The highest BCUT2D eigenvalue weighted by Crippen LogP contribution is 2.22. The van der Waals surface area contributed by atoms with Gasteiger partial charge in [-0.1, -0.05) is 13.8 Å². The van der Waals surface area contributed by atoms with Crippen LogP contribution in [-0.2, 0) is 14.3 Å². The van der Waals surface area contributed by atoms with Crippen molar-refractivity contribution in [1.29, 1.82) is 0 Å². The van der Waals surface area contributed by atoms with Crippen molar-refractivity contribution in [1.82, 2.24) is 9.80 Å². The van der Waals surface area contributed by atoms with Crippen LogP contribution in [0.4, 0.5) is 0 Å².